The lowest BCUT2D eigenvalue weighted by Gasteiger charge is -2.19. The number of halogens is 2. The minimum atomic E-state index is -0.185. The van der Waals surface area contributed by atoms with Crippen molar-refractivity contribution in [2.45, 2.75) is 32.1 Å². The van der Waals surface area contributed by atoms with E-state index in [0.717, 1.165) is 19.5 Å². The summed E-state index contributed by atoms with van der Waals surface area (Å²) in [7, 11) is 0. The number of rotatable bonds is 8. The lowest BCUT2D eigenvalue weighted by atomic mass is 10.2. The summed E-state index contributed by atoms with van der Waals surface area (Å²) >= 11 is 5.79. The molecular weight excluding hydrogens is 349 g/mol. The molecule has 7 heteroatoms. The Morgan fingerprint density at radius 2 is 1.79 bits per heavy atom. The third-order valence-corrected chi connectivity index (χ3v) is 4.14. The summed E-state index contributed by atoms with van der Waals surface area (Å²) in [6, 6.07) is 6.94. The van der Waals surface area contributed by atoms with E-state index in [1.165, 1.54) is 38.8 Å². The van der Waals surface area contributed by atoms with Crippen LogP contribution in [0.15, 0.2) is 24.3 Å². The van der Waals surface area contributed by atoms with Gasteiger partial charge >= 0.3 is 0 Å². The molecule has 0 aromatic heterocycles. The summed E-state index contributed by atoms with van der Waals surface area (Å²) in [4.78, 5) is 14.2. The fourth-order valence-corrected chi connectivity index (χ4v) is 2.75. The van der Waals surface area contributed by atoms with Gasteiger partial charge in [-0.3, -0.25) is 10.2 Å². The van der Waals surface area contributed by atoms with Gasteiger partial charge < -0.3 is 9.64 Å². The molecule has 2 N–H and O–H groups in total. The molecule has 136 valence electrons. The van der Waals surface area contributed by atoms with Crippen LogP contribution in [0.4, 0.5) is 0 Å². The molecule has 1 aliphatic rings. The Bertz CT molecular complexity index is 463. The number of nitrogens with one attached hydrogen (secondary N) is 2. The molecule has 0 aliphatic carbocycles. The number of amides is 1. The molecule has 1 fully saturated rings. The monoisotopic (exact) mass is 375 g/mol. The molecule has 1 aliphatic heterocycles. The van der Waals surface area contributed by atoms with Gasteiger partial charge in [-0.05, 0) is 63.2 Å². The van der Waals surface area contributed by atoms with Crippen LogP contribution in [0.3, 0.4) is 0 Å². The van der Waals surface area contributed by atoms with Crippen LogP contribution in [0.2, 0.25) is 5.02 Å². The van der Waals surface area contributed by atoms with Gasteiger partial charge in [-0.2, -0.15) is 0 Å². The topological polar surface area (TPSA) is 53.6 Å². The molecule has 1 aromatic carbocycles. The van der Waals surface area contributed by atoms with Gasteiger partial charge in [-0.15, -0.1) is 12.4 Å². The summed E-state index contributed by atoms with van der Waals surface area (Å²) in [5.41, 5.74) is 5.61. The highest BCUT2D eigenvalue weighted by atomic mass is 35.5. The smallest absolute Gasteiger partial charge is 0.271 e. The van der Waals surface area contributed by atoms with E-state index in [4.69, 9.17) is 16.3 Å². The maximum atomic E-state index is 11.7. The fourth-order valence-electron chi connectivity index (χ4n) is 2.63. The zero-order valence-corrected chi connectivity index (χ0v) is 15.5. The number of hydrazine groups is 1. The number of likely N-dealkylation sites (tertiary alicyclic amines) is 1. The molecule has 1 aromatic rings. The lowest BCUT2D eigenvalue weighted by molar-refractivity contribution is -0.124. The van der Waals surface area contributed by atoms with Crippen molar-refractivity contribution in [2.24, 2.45) is 0 Å². The first-order chi connectivity index (χ1) is 11.2. The van der Waals surface area contributed by atoms with Gasteiger partial charge in [0.1, 0.15) is 5.75 Å². The predicted octanol–water partition coefficient (Wildman–Crippen LogP) is 3.03. The molecule has 0 spiro atoms. The van der Waals surface area contributed by atoms with Gasteiger partial charge in [0.05, 0.1) is 0 Å². The molecule has 0 atom stereocenters. The summed E-state index contributed by atoms with van der Waals surface area (Å²) in [6.45, 7) is 4.26. The van der Waals surface area contributed by atoms with Crippen LogP contribution in [0.1, 0.15) is 32.1 Å². The molecule has 5 nitrogen and oxygen atoms in total. The van der Waals surface area contributed by atoms with E-state index in [1.54, 1.807) is 24.3 Å². The number of benzene rings is 1. The third-order valence-electron chi connectivity index (χ3n) is 3.89. The zero-order chi connectivity index (χ0) is 16.3. The summed E-state index contributed by atoms with van der Waals surface area (Å²) < 4.78 is 5.37. The van der Waals surface area contributed by atoms with Crippen molar-refractivity contribution >= 4 is 29.9 Å². The van der Waals surface area contributed by atoms with E-state index in [9.17, 15) is 4.79 Å². The van der Waals surface area contributed by atoms with Gasteiger partial charge in [-0.25, -0.2) is 5.43 Å². The van der Waals surface area contributed by atoms with Gasteiger partial charge in [0, 0.05) is 11.6 Å². The maximum absolute atomic E-state index is 11.7. The van der Waals surface area contributed by atoms with Crippen LogP contribution in [0, 0.1) is 0 Å². The van der Waals surface area contributed by atoms with Crippen molar-refractivity contribution in [1.82, 2.24) is 15.8 Å². The first kappa shape index (κ1) is 21.0. The Hall–Kier alpha value is -1.01. The number of ether oxygens (including phenoxy) is 1. The fraction of sp³-hybridized carbons (Fsp3) is 0.588. The van der Waals surface area contributed by atoms with E-state index in [1.807, 2.05) is 0 Å². The van der Waals surface area contributed by atoms with Crippen molar-refractivity contribution in [3.63, 3.8) is 0 Å². The molecule has 0 bridgehead atoms. The standard InChI is InChI=1S/C17H26ClN3O2.ClH/c18-15-6-8-16(9-7-15)23-14-17(22)20-19-10-5-13-21-11-3-1-2-4-12-21;/h6-9,19H,1-5,10-14H2,(H,20,22);1H. The third kappa shape index (κ3) is 8.73. The van der Waals surface area contributed by atoms with Gasteiger partial charge in [0.2, 0.25) is 0 Å². The van der Waals surface area contributed by atoms with Gasteiger partial charge in [0.25, 0.3) is 5.91 Å². The Labute approximate surface area is 155 Å². The van der Waals surface area contributed by atoms with E-state index >= 15 is 0 Å². The van der Waals surface area contributed by atoms with E-state index in [0.29, 0.717) is 10.8 Å². The normalized spacial score (nSPS) is 15.2. The van der Waals surface area contributed by atoms with Crippen molar-refractivity contribution in [3.05, 3.63) is 29.3 Å². The molecule has 0 unspecified atom stereocenters. The van der Waals surface area contributed by atoms with Crippen LogP contribution in [-0.2, 0) is 4.79 Å². The average molecular weight is 376 g/mol. The van der Waals surface area contributed by atoms with Gasteiger partial charge in [-0.1, -0.05) is 24.4 Å². The number of hydrogen-bond acceptors (Lipinski definition) is 4. The highest BCUT2D eigenvalue weighted by Crippen LogP contribution is 2.15. The molecule has 0 saturated carbocycles. The summed E-state index contributed by atoms with van der Waals surface area (Å²) in [5.74, 6) is 0.445. The predicted molar refractivity (Wildman–Crippen MR) is 99.9 cm³/mol. The second kappa shape index (κ2) is 12.4. The molecule has 2 rings (SSSR count). The lowest BCUT2D eigenvalue weighted by Crippen LogP contribution is -2.41. The molecule has 24 heavy (non-hydrogen) atoms. The van der Waals surface area contributed by atoms with Crippen LogP contribution in [0.25, 0.3) is 0 Å². The van der Waals surface area contributed by atoms with Crippen LogP contribution < -0.4 is 15.6 Å². The molecule has 1 heterocycles. The van der Waals surface area contributed by atoms with E-state index in [2.05, 4.69) is 15.8 Å². The second-order valence-corrected chi connectivity index (χ2v) is 6.26. The zero-order valence-electron chi connectivity index (χ0n) is 13.9. The average Bonchev–Trinajstić information content (AvgIpc) is 2.83. The van der Waals surface area contributed by atoms with Crippen LogP contribution in [-0.4, -0.2) is 43.6 Å². The molecular formula is C17H27Cl2N3O2. The minimum Gasteiger partial charge on any atom is -0.484 e. The van der Waals surface area contributed by atoms with Crippen LogP contribution in [0.5, 0.6) is 5.75 Å². The first-order valence-electron chi connectivity index (χ1n) is 8.36. The van der Waals surface area contributed by atoms with Crippen molar-refractivity contribution < 1.29 is 9.53 Å². The number of carbonyl (C=O) groups excluding carboxylic acids is 1. The highest BCUT2D eigenvalue weighted by molar-refractivity contribution is 6.30. The number of nitrogens with zero attached hydrogens (tertiary/aromatic N) is 1. The molecule has 0 radical (unpaired) electrons. The number of hydrogen-bond donors (Lipinski definition) is 2. The summed E-state index contributed by atoms with van der Waals surface area (Å²) in [6.07, 6.45) is 6.37. The summed E-state index contributed by atoms with van der Waals surface area (Å²) in [5, 5.41) is 0.646. The minimum absolute atomic E-state index is 0. The Kier molecular flexibility index (Phi) is 10.8. The van der Waals surface area contributed by atoms with Gasteiger partial charge in [0.15, 0.2) is 6.61 Å². The maximum Gasteiger partial charge on any atom is 0.271 e. The first-order valence-corrected chi connectivity index (χ1v) is 8.74. The molecule has 1 saturated heterocycles. The van der Waals surface area contributed by atoms with Crippen LogP contribution >= 0.6 is 24.0 Å². The second-order valence-electron chi connectivity index (χ2n) is 5.83. The Balaban J connectivity index is 0.00000288. The Morgan fingerprint density at radius 3 is 2.46 bits per heavy atom. The van der Waals surface area contributed by atoms with E-state index < -0.39 is 0 Å². The van der Waals surface area contributed by atoms with Crippen molar-refractivity contribution in [2.75, 3.05) is 32.8 Å². The highest BCUT2D eigenvalue weighted by Gasteiger charge is 2.08. The SMILES string of the molecule is Cl.O=C(COc1ccc(Cl)cc1)NNCCCN1CCCCCC1. The quantitative estimate of drug-likeness (QED) is 0.541. The van der Waals surface area contributed by atoms with E-state index in [-0.39, 0.29) is 24.9 Å². The largest absolute Gasteiger partial charge is 0.484 e. The van der Waals surface area contributed by atoms with Crippen molar-refractivity contribution in [3.8, 4) is 5.75 Å². The number of carbonyl (C=O) groups is 1. The molecule has 1 amide bonds. The Morgan fingerprint density at radius 1 is 1.12 bits per heavy atom. The van der Waals surface area contributed by atoms with Crippen molar-refractivity contribution in [1.29, 1.82) is 0 Å².